The Morgan fingerprint density at radius 2 is 1.54 bits per heavy atom. The summed E-state index contributed by atoms with van der Waals surface area (Å²) in [7, 11) is 0. The first-order chi connectivity index (χ1) is 11.0. The van der Waals surface area contributed by atoms with Crippen molar-refractivity contribution in [1.29, 1.82) is 0 Å². The summed E-state index contributed by atoms with van der Waals surface area (Å²) < 4.78 is 71.9. The summed E-state index contributed by atoms with van der Waals surface area (Å²) in [5, 5.41) is 14.3. The van der Waals surface area contributed by atoms with Gasteiger partial charge in [-0.3, -0.25) is 0 Å². The summed E-state index contributed by atoms with van der Waals surface area (Å²) in [6.07, 6.45) is -9.59. The van der Waals surface area contributed by atoms with Gasteiger partial charge < -0.3 is 9.84 Å². The van der Waals surface area contributed by atoms with E-state index in [4.69, 9.17) is 10.4 Å². The van der Waals surface area contributed by atoms with Gasteiger partial charge in [0, 0.05) is 0 Å². The maximum absolute atomic E-state index is 13.4. The van der Waals surface area contributed by atoms with Crippen LogP contribution in [0.4, 0.5) is 22.0 Å². The molecule has 0 fully saturated rings. The number of esters is 1. The number of hydrogen-bond donors (Lipinski definition) is 2. The molecular weight excluding hydrogens is 371 g/mol. The van der Waals surface area contributed by atoms with Crippen LogP contribution < -0.4 is 0 Å². The predicted molar refractivity (Wildman–Crippen MR) is 66.0 cm³/mol. The van der Waals surface area contributed by atoms with E-state index in [1.165, 1.54) is 0 Å². The molecule has 0 aliphatic heterocycles. The summed E-state index contributed by atoms with van der Waals surface area (Å²) in [4.78, 5) is 22.2. The zero-order chi connectivity index (χ0) is 18.5. The lowest BCUT2D eigenvalue weighted by atomic mass is 10.1. The minimum Gasteiger partial charge on any atom is -0.478 e. The molecule has 0 aliphatic rings. The van der Waals surface area contributed by atoms with E-state index in [1.807, 2.05) is 0 Å². The highest BCUT2D eigenvalue weighted by atomic mass is 32.2. The first-order valence-electron chi connectivity index (χ1n) is 5.64. The van der Waals surface area contributed by atoms with Crippen LogP contribution in [0.3, 0.4) is 0 Å². The fraction of sp³-hybridized carbons (Fsp3) is 0.273. The Morgan fingerprint density at radius 3 is 1.96 bits per heavy atom. The van der Waals surface area contributed by atoms with Crippen LogP contribution >= 0.6 is 12.0 Å². The molecule has 0 heterocycles. The van der Waals surface area contributed by atoms with Crippen molar-refractivity contribution in [3.63, 3.8) is 0 Å². The highest BCUT2D eigenvalue weighted by molar-refractivity contribution is 7.95. The molecule has 24 heavy (non-hydrogen) atoms. The van der Waals surface area contributed by atoms with Gasteiger partial charge >= 0.3 is 23.4 Å². The molecule has 1 aromatic carbocycles. The van der Waals surface area contributed by atoms with Crippen molar-refractivity contribution in [3.05, 3.63) is 35.4 Å². The topological polar surface area (TPSA) is 102 Å². The normalized spacial score (nSPS) is 13.4. The third-order valence-corrected chi connectivity index (χ3v) is 2.94. The van der Waals surface area contributed by atoms with E-state index < -0.39 is 47.1 Å². The van der Waals surface area contributed by atoms with Gasteiger partial charge in [-0.2, -0.15) is 22.0 Å². The summed E-state index contributed by atoms with van der Waals surface area (Å²) >= 11 is -1.22. The zero-order valence-corrected chi connectivity index (χ0v) is 11.9. The van der Waals surface area contributed by atoms with Crippen LogP contribution in [0.15, 0.2) is 24.3 Å². The maximum atomic E-state index is 13.4. The Kier molecular flexibility index (Phi) is 6.48. The smallest absolute Gasteiger partial charge is 0.432 e. The van der Waals surface area contributed by atoms with E-state index in [-0.39, 0.29) is 5.56 Å². The van der Waals surface area contributed by atoms with Crippen molar-refractivity contribution in [2.24, 2.45) is 0 Å². The molecule has 0 amide bonds. The largest absolute Gasteiger partial charge is 0.478 e. The van der Waals surface area contributed by atoms with E-state index in [0.717, 1.165) is 24.3 Å². The number of alkyl halides is 5. The van der Waals surface area contributed by atoms with Crippen molar-refractivity contribution in [2.75, 3.05) is 0 Å². The van der Waals surface area contributed by atoms with Gasteiger partial charge in [-0.15, -0.1) is 4.33 Å². The van der Waals surface area contributed by atoms with Crippen LogP contribution in [0.5, 0.6) is 0 Å². The van der Waals surface area contributed by atoms with Crippen LogP contribution in [0.25, 0.3) is 0 Å². The van der Waals surface area contributed by atoms with Gasteiger partial charge in [0.25, 0.3) is 6.10 Å². The van der Waals surface area contributed by atoms with Crippen LogP contribution in [-0.4, -0.2) is 39.8 Å². The van der Waals surface area contributed by atoms with Gasteiger partial charge in [-0.1, -0.05) is 5.04 Å². The number of halogens is 5. The molecule has 0 bridgehead atoms. The van der Waals surface area contributed by atoms with Gasteiger partial charge in [0.15, 0.2) is 0 Å². The van der Waals surface area contributed by atoms with Crippen molar-refractivity contribution >= 4 is 24.0 Å². The molecular formula is C11H7F5O7S. The van der Waals surface area contributed by atoms with Crippen molar-refractivity contribution < 1.29 is 56.0 Å². The van der Waals surface area contributed by atoms with Gasteiger partial charge in [0.1, 0.15) is 12.0 Å². The van der Waals surface area contributed by atoms with Gasteiger partial charge in [-0.25, -0.2) is 14.8 Å². The van der Waals surface area contributed by atoms with Crippen molar-refractivity contribution in [3.8, 4) is 0 Å². The van der Waals surface area contributed by atoms with Gasteiger partial charge in [-0.05, 0) is 24.3 Å². The SMILES string of the molecule is O=C(O)c1ccc(C(=O)OC(C(F)(F)F)C(F)(F)SOOO)cc1. The molecule has 0 aromatic heterocycles. The Labute approximate surface area is 134 Å². The first-order valence-corrected chi connectivity index (χ1v) is 6.38. The Morgan fingerprint density at radius 1 is 1.04 bits per heavy atom. The Hall–Kier alpha value is -1.96. The van der Waals surface area contributed by atoms with E-state index in [9.17, 15) is 31.5 Å². The lowest BCUT2D eigenvalue weighted by molar-refractivity contribution is -0.434. The van der Waals surface area contributed by atoms with Crippen LogP contribution in [-0.2, 0) is 14.1 Å². The highest BCUT2D eigenvalue weighted by Gasteiger charge is 2.60. The lowest BCUT2D eigenvalue weighted by Gasteiger charge is -2.26. The first kappa shape index (κ1) is 20.1. The monoisotopic (exact) mass is 378 g/mol. The molecule has 0 aliphatic carbocycles. The molecule has 13 heteroatoms. The molecule has 134 valence electrons. The van der Waals surface area contributed by atoms with E-state index >= 15 is 0 Å². The standard InChI is InChI=1S/C11H7F5O7S/c12-10(13,14)9(11(15,16)24-23-22-20)21-8(19)6-3-1-5(2-4-6)7(17)18/h1-4,9,20H,(H,17,18). The highest BCUT2D eigenvalue weighted by Crippen LogP contribution is 2.42. The number of rotatable bonds is 7. The second kappa shape index (κ2) is 7.74. The molecule has 2 N–H and O–H groups in total. The second-order valence-corrected chi connectivity index (χ2v) is 4.84. The Bertz CT molecular complexity index is 589. The maximum Gasteiger partial charge on any atom is 0.432 e. The number of carboxylic acids is 1. The Balaban J connectivity index is 2.98. The molecule has 0 saturated heterocycles. The van der Waals surface area contributed by atoms with Crippen molar-refractivity contribution in [1.82, 2.24) is 0 Å². The average molecular weight is 378 g/mol. The molecule has 0 radical (unpaired) electrons. The molecule has 1 rings (SSSR count). The average Bonchev–Trinajstić information content (AvgIpc) is 2.49. The van der Waals surface area contributed by atoms with E-state index in [1.54, 1.807) is 0 Å². The third-order valence-electron chi connectivity index (χ3n) is 2.37. The third kappa shape index (κ3) is 5.30. The van der Waals surface area contributed by atoms with Gasteiger partial charge in [0.2, 0.25) is 0 Å². The molecule has 0 spiro atoms. The van der Waals surface area contributed by atoms with E-state index in [0.29, 0.717) is 0 Å². The zero-order valence-electron chi connectivity index (χ0n) is 11.1. The number of carbonyl (C=O) groups excluding carboxylic acids is 1. The summed E-state index contributed by atoms with van der Waals surface area (Å²) in [5.41, 5.74) is -0.873. The summed E-state index contributed by atoms with van der Waals surface area (Å²) in [6.45, 7) is 0. The predicted octanol–water partition coefficient (Wildman–Crippen LogP) is 3.13. The summed E-state index contributed by atoms with van der Waals surface area (Å²) in [6, 6.07) is 3.32. The fourth-order valence-corrected chi connectivity index (χ4v) is 1.74. The molecule has 1 aromatic rings. The minimum atomic E-state index is -5.67. The minimum absolute atomic E-state index is 0.284. The fourth-order valence-electron chi connectivity index (χ4n) is 1.35. The van der Waals surface area contributed by atoms with Gasteiger partial charge in [0.05, 0.1) is 11.1 Å². The van der Waals surface area contributed by atoms with E-state index in [2.05, 4.69) is 14.1 Å². The lowest BCUT2D eigenvalue weighted by Crippen LogP contribution is -2.46. The number of carbonyl (C=O) groups is 2. The number of benzene rings is 1. The van der Waals surface area contributed by atoms with Crippen molar-refractivity contribution in [2.45, 2.75) is 17.5 Å². The summed E-state index contributed by atoms with van der Waals surface area (Å²) in [5.74, 6) is -3.15. The number of ether oxygens (including phenoxy) is 1. The molecule has 1 unspecified atom stereocenters. The quantitative estimate of drug-likeness (QED) is 0.245. The van der Waals surface area contributed by atoms with Crippen LogP contribution in [0, 0.1) is 0 Å². The number of carboxylic acid groups (broad SMARTS) is 1. The second-order valence-electron chi connectivity index (χ2n) is 4.00. The molecule has 0 saturated carbocycles. The van der Waals surface area contributed by atoms with Crippen LogP contribution in [0.1, 0.15) is 20.7 Å². The number of hydrogen-bond acceptors (Lipinski definition) is 7. The van der Waals surface area contributed by atoms with Crippen LogP contribution in [0.2, 0.25) is 0 Å². The molecule has 1 atom stereocenters. The molecule has 7 nitrogen and oxygen atoms in total. The number of aromatic carboxylic acids is 1.